The van der Waals surface area contributed by atoms with Gasteiger partial charge in [-0.05, 0) is 65.7 Å². The molecule has 4 heterocycles. The summed E-state index contributed by atoms with van der Waals surface area (Å²) in [6.07, 6.45) is 0. The van der Waals surface area contributed by atoms with Crippen molar-refractivity contribution in [1.29, 1.82) is 0 Å². The molecule has 7 aromatic carbocycles. The Labute approximate surface area is 266 Å². The van der Waals surface area contributed by atoms with Crippen LogP contribution in [0.15, 0.2) is 148 Å². The Morgan fingerprint density at radius 1 is 0.457 bits per heavy atom. The largest absolute Gasteiger partial charge is 0.456 e. The molecule has 0 saturated carbocycles. The fourth-order valence-corrected chi connectivity index (χ4v) is 8.89. The minimum atomic E-state index is 0.907. The van der Waals surface area contributed by atoms with Gasteiger partial charge in [-0.3, -0.25) is 0 Å². The van der Waals surface area contributed by atoms with Crippen molar-refractivity contribution in [3.05, 3.63) is 140 Å². The number of furan rings is 2. The lowest BCUT2D eigenvalue weighted by molar-refractivity contribution is 0.668. The monoisotopic (exact) mass is 605 g/mol. The fraction of sp³-hybridized carbons (Fsp3) is 0. The highest BCUT2D eigenvalue weighted by atomic mass is 32.1. The average Bonchev–Trinajstić information content (AvgIpc) is 3.86. The molecule has 4 heteroatoms. The third-order valence-corrected chi connectivity index (χ3v) is 10.8. The number of nitrogens with zero attached hydrogens (tertiary/aromatic N) is 1. The molecule has 4 aromatic heterocycles. The van der Waals surface area contributed by atoms with E-state index in [1.54, 1.807) is 0 Å². The molecule has 0 fully saturated rings. The minimum Gasteiger partial charge on any atom is -0.456 e. The van der Waals surface area contributed by atoms with E-state index in [0.29, 0.717) is 0 Å². The van der Waals surface area contributed by atoms with Crippen LogP contribution in [0, 0.1) is 0 Å². The smallest absolute Gasteiger partial charge is 0.137 e. The van der Waals surface area contributed by atoms with Crippen LogP contribution in [-0.4, -0.2) is 4.57 Å². The first-order valence-corrected chi connectivity index (χ1v) is 16.3. The Hall–Kier alpha value is -5.84. The summed E-state index contributed by atoms with van der Waals surface area (Å²) in [5.74, 6) is 0. The highest BCUT2D eigenvalue weighted by molar-refractivity contribution is 7.26. The molecule has 0 spiro atoms. The fourth-order valence-electron chi connectivity index (χ4n) is 7.66. The van der Waals surface area contributed by atoms with E-state index in [1.807, 2.05) is 29.5 Å². The molecule has 0 atom stereocenters. The lowest BCUT2D eigenvalue weighted by atomic mass is 9.98. The molecule has 0 aliphatic rings. The number of aromatic nitrogens is 1. The van der Waals surface area contributed by atoms with Crippen LogP contribution in [0.3, 0.4) is 0 Å². The van der Waals surface area contributed by atoms with E-state index >= 15 is 0 Å². The third kappa shape index (κ3) is 3.16. The van der Waals surface area contributed by atoms with Gasteiger partial charge in [0, 0.05) is 42.4 Å². The topological polar surface area (TPSA) is 31.2 Å². The van der Waals surface area contributed by atoms with Gasteiger partial charge in [-0.1, -0.05) is 84.9 Å². The molecule has 0 aliphatic heterocycles. The van der Waals surface area contributed by atoms with Gasteiger partial charge in [0.15, 0.2) is 0 Å². The van der Waals surface area contributed by atoms with Crippen LogP contribution >= 0.6 is 11.3 Å². The molecule has 0 radical (unpaired) electrons. The first-order chi connectivity index (χ1) is 22.8. The number of rotatable bonds is 2. The summed E-state index contributed by atoms with van der Waals surface area (Å²) < 4.78 is 17.7. The molecule has 11 rings (SSSR count). The summed E-state index contributed by atoms with van der Waals surface area (Å²) in [6.45, 7) is 0. The van der Waals surface area contributed by atoms with Gasteiger partial charge in [0.1, 0.15) is 22.3 Å². The van der Waals surface area contributed by atoms with Crippen molar-refractivity contribution in [2.75, 3.05) is 0 Å². The van der Waals surface area contributed by atoms with E-state index in [0.717, 1.165) is 49.4 Å². The first kappa shape index (κ1) is 24.5. The van der Waals surface area contributed by atoms with E-state index in [1.165, 1.54) is 53.2 Å². The molecule has 11 aromatic rings. The molecule has 3 nitrogen and oxygen atoms in total. The lowest BCUT2D eigenvalue weighted by Gasteiger charge is -2.10. The van der Waals surface area contributed by atoms with E-state index < -0.39 is 0 Å². The van der Waals surface area contributed by atoms with Gasteiger partial charge in [0.2, 0.25) is 0 Å². The number of hydrogen-bond donors (Lipinski definition) is 0. The molecule has 0 amide bonds. The highest BCUT2D eigenvalue weighted by Gasteiger charge is 2.22. The molecular weight excluding hydrogens is 583 g/mol. The Morgan fingerprint density at radius 3 is 2.07 bits per heavy atom. The van der Waals surface area contributed by atoms with Crippen LogP contribution in [0.5, 0.6) is 0 Å². The van der Waals surface area contributed by atoms with Crippen LogP contribution in [0.2, 0.25) is 0 Å². The molecule has 0 N–H and O–H groups in total. The molecule has 46 heavy (non-hydrogen) atoms. The predicted molar refractivity (Wildman–Crippen MR) is 194 cm³/mol. The van der Waals surface area contributed by atoms with Gasteiger partial charge in [0.05, 0.1) is 26.8 Å². The molecular formula is C42H23NO2S. The van der Waals surface area contributed by atoms with Crippen molar-refractivity contribution in [3.63, 3.8) is 0 Å². The van der Waals surface area contributed by atoms with Crippen molar-refractivity contribution >= 4 is 97.2 Å². The summed E-state index contributed by atoms with van der Waals surface area (Å²) in [4.78, 5) is 0. The SMILES string of the molecule is c1ccc2c(c1)oc1cc(-c3cccc4sc5c(-n6c7ccccc7c7ccc8oc9ccccc9c8c76)cccc5c34)ccc12. The van der Waals surface area contributed by atoms with E-state index in [9.17, 15) is 0 Å². The van der Waals surface area contributed by atoms with E-state index in [4.69, 9.17) is 8.83 Å². The normalized spacial score (nSPS) is 12.3. The van der Waals surface area contributed by atoms with Crippen molar-refractivity contribution in [1.82, 2.24) is 4.57 Å². The maximum Gasteiger partial charge on any atom is 0.137 e. The summed E-state index contributed by atoms with van der Waals surface area (Å²) in [7, 11) is 0. The zero-order chi connectivity index (χ0) is 29.9. The third-order valence-electron chi connectivity index (χ3n) is 9.61. The molecule has 0 aliphatic carbocycles. The maximum atomic E-state index is 6.38. The van der Waals surface area contributed by atoms with Gasteiger partial charge in [-0.2, -0.15) is 0 Å². The second-order valence-electron chi connectivity index (χ2n) is 12.0. The van der Waals surface area contributed by atoms with Gasteiger partial charge in [-0.25, -0.2) is 0 Å². The van der Waals surface area contributed by atoms with Crippen LogP contribution in [0.25, 0.3) is 103 Å². The van der Waals surface area contributed by atoms with Gasteiger partial charge >= 0.3 is 0 Å². The highest BCUT2D eigenvalue weighted by Crippen LogP contribution is 2.46. The van der Waals surface area contributed by atoms with Crippen LogP contribution in [0.4, 0.5) is 0 Å². The maximum absolute atomic E-state index is 6.38. The summed E-state index contributed by atoms with van der Waals surface area (Å²) in [6, 6.07) is 49.8. The average molecular weight is 606 g/mol. The number of benzene rings is 7. The number of para-hydroxylation sites is 3. The lowest BCUT2D eigenvalue weighted by Crippen LogP contribution is -1.94. The van der Waals surface area contributed by atoms with Crippen molar-refractivity contribution in [3.8, 4) is 16.8 Å². The Morgan fingerprint density at radius 2 is 1.15 bits per heavy atom. The number of thiophene rings is 1. The van der Waals surface area contributed by atoms with Crippen molar-refractivity contribution < 1.29 is 8.83 Å². The van der Waals surface area contributed by atoms with Crippen LogP contribution in [0.1, 0.15) is 0 Å². The molecule has 0 bridgehead atoms. The Kier molecular flexibility index (Phi) is 4.72. The van der Waals surface area contributed by atoms with E-state index in [-0.39, 0.29) is 0 Å². The number of hydrogen-bond acceptors (Lipinski definition) is 3. The van der Waals surface area contributed by atoms with Crippen LogP contribution < -0.4 is 0 Å². The zero-order valence-electron chi connectivity index (χ0n) is 24.5. The van der Waals surface area contributed by atoms with Gasteiger partial charge in [-0.15, -0.1) is 11.3 Å². The summed E-state index contributed by atoms with van der Waals surface area (Å²) in [5.41, 5.74) is 9.58. The van der Waals surface area contributed by atoms with E-state index in [2.05, 4.69) is 126 Å². The first-order valence-electron chi connectivity index (χ1n) is 15.5. The molecule has 0 saturated heterocycles. The second kappa shape index (κ2) is 8.87. The number of fused-ring (bicyclic) bond motifs is 13. The summed E-state index contributed by atoms with van der Waals surface area (Å²) in [5, 5.41) is 9.59. The Balaban J connectivity index is 1.23. The van der Waals surface area contributed by atoms with Gasteiger partial charge < -0.3 is 13.4 Å². The van der Waals surface area contributed by atoms with Crippen molar-refractivity contribution in [2.45, 2.75) is 0 Å². The Bertz CT molecular complexity index is 3040. The second-order valence-corrected chi connectivity index (χ2v) is 13.1. The van der Waals surface area contributed by atoms with Crippen LogP contribution in [-0.2, 0) is 0 Å². The minimum absolute atomic E-state index is 0.907. The zero-order valence-corrected chi connectivity index (χ0v) is 25.3. The molecule has 0 unspecified atom stereocenters. The van der Waals surface area contributed by atoms with Gasteiger partial charge in [0.25, 0.3) is 0 Å². The summed E-state index contributed by atoms with van der Waals surface area (Å²) >= 11 is 1.86. The quantitative estimate of drug-likeness (QED) is 0.196. The molecule has 214 valence electrons. The standard InChI is InChI=1S/C42H23NO2S/c1-4-14-32-26(9-1)29-21-22-36-40(30-11-3-6-17-35(30)44-36)41(29)43(32)33-15-7-13-31-39-25(12-8-18-38(39)46-42(31)33)24-19-20-28-27-10-2-5-16-34(27)45-37(28)23-24/h1-23H. The predicted octanol–water partition coefficient (Wildman–Crippen LogP) is 12.6. The van der Waals surface area contributed by atoms with Crippen molar-refractivity contribution in [2.24, 2.45) is 0 Å².